The summed E-state index contributed by atoms with van der Waals surface area (Å²) in [6.07, 6.45) is -4.94. The van der Waals surface area contributed by atoms with Crippen molar-refractivity contribution in [2.24, 2.45) is 0 Å². The van der Waals surface area contributed by atoms with Crippen LogP contribution in [-0.4, -0.2) is 77.9 Å². The van der Waals surface area contributed by atoms with Crippen LogP contribution in [0.1, 0.15) is 5.56 Å². The Morgan fingerprint density at radius 2 is 1.69 bits per heavy atom. The van der Waals surface area contributed by atoms with E-state index in [2.05, 4.69) is 0 Å². The molecule has 0 bridgehead atoms. The van der Waals surface area contributed by atoms with Crippen molar-refractivity contribution < 1.29 is 44.2 Å². The van der Waals surface area contributed by atoms with Crippen molar-refractivity contribution in [2.45, 2.75) is 30.7 Å². The lowest BCUT2D eigenvalue weighted by Gasteiger charge is -2.38. The first-order chi connectivity index (χ1) is 12.4. The summed E-state index contributed by atoms with van der Waals surface area (Å²) in [5.41, 5.74) is 0.604. The predicted molar refractivity (Wildman–Crippen MR) is 88.4 cm³/mol. The van der Waals surface area contributed by atoms with Gasteiger partial charge >= 0.3 is 5.97 Å². The molecule has 9 nitrogen and oxygen atoms in total. The summed E-state index contributed by atoms with van der Waals surface area (Å²) in [7, 11) is 2.99. The standard InChI is InChI=1S/C17H22O9/c1-23-10-5-9(6-11(7-10)24-2)3-4-13(19)26-17-16(22)15(21)14(20)12(8-18)25-17/h3-7,12,14-18,20-22H,8H2,1-2H3/b4-3+/t12-,14-,15+,16-,17+/m1/s1. The zero-order valence-electron chi connectivity index (χ0n) is 14.3. The summed E-state index contributed by atoms with van der Waals surface area (Å²) in [5.74, 6) is 0.216. The number of carbonyl (C=O) groups excluding carboxylic acids is 1. The average molecular weight is 370 g/mol. The summed E-state index contributed by atoms with van der Waals surface area (Å²) >= 11 is 0. The zero-order chi connectivity index (χ0) is 19.3. The molecule has 9 heteroatoms. The lowest BCUT2D eigenvalue weighted by Crippen LogP contribution is -2.59. The number of aliphatic hydroxyl groups is 4. The number of esters is 1. The van der Waals surface area contributed by atoms with Gasteiger partial charge < -0.3 is 39.4 Å². The smallest absolute Gasteiger partial charge is 0.333 e. The molecule has 0 amide bonds. The number of methoxy groups -OCH3 is 2. The Labute approximate surface area is 150 Å². The van der Waals surface area contributed by atoms with E-state index in [0.29, 0.717) is 17.1 Å². The third-order valence-corrected chi connectivity index (χ3v) is 3.87. The van der Waals surface area contributed by atoms with Crippen LogP contribution in [0.2, 0.25) is 0 Å². The largest absolute Gasteiger partial charge is 0.497 e. The highest BCUT2D eigenvalue weighted by Gasteiger charge is 2.45. The van der Waals surface area contributed by atoms with Gasteiger partial charge in [0.25, 0.3) is 0 Å². The van der Waals surface area contributed by atoms with Gasteiger partial charge in [-0.1, -0.05) is 0 Å². The molecule has 1 heterocycles. The molecule has 1 aromatic carbocycles. The van der Waals surface area contributed by atoms with Gasteiger partial charge in [-0.3, -0.25) is 0 Å². The molecule has 1 aliphatic rings. The molecule has 0 aliphatic carbocycles. The van der Waals surface area contributed by atoms with Crippen molar-refractivity contribution in [3.63, 3.8) is 0 Å². The van der Waals surface area contributed by atoms with Crippen molar-refractivity contribution in [1.82, 2.24) is 0 Å². The van der Waals surface area contributed by atoms with Crippen LogP contribution in [0, 0.1) is 0 Å². The van der Waals surface area contributed by atoms with Crippen molar-refractivity contribution >= 4 is 12.0 Å². The van der Waals surface area contributed by atoms with E-state index in [0.717, 1.165) is 6.08 Å². The van der Waals surface area contributed by atoms with Crippen LogP contribution >= 0.6 is 0 Å². The maximum atomic E-state index is 12.0. The van der Waals surface area contributed by atoms with Gasteiger partial charge in [0.05, 0.1) is 20.8 Å². The summed E-state index contributed by atoms with van der Waals surface area (Å²) in [6, 6.07) is 5.00. The molecule has 0 radical (unpaired) electrons. The summed E-state index contributed by atoms with van der Waals surface area (Å²) in [5, 5.41) is 38.3. The maximum Gasteiger partial charge on any atom is 0.333 e. The van der Waals surface area contributed by atoms with Crippen molar-refractivity contribution in [3.05, 3.63) is 29.8 Å². The fourth-order valence-corrected chi connectivity index (χ4v) is 2.41. The van der Waals surface area contributed by atoms with Gasteiger partial charge in [0.15, 0.2) is 0 Å². The second-order valence-corrected chi connectivity index (χ2v) is 5.61. The van der Waals surface area contributed by atoms with Crippen molar-refractivity contribution in [2.75, 3.05) is 20.8 Å². The minimum atomic E-state index is -1.65. The molecule has 1 saturated heterocycles. The first-order valence-corrected chi connectivity index (χ1v) is 7.82. The molecule has 0 aromatic heterocycles. The van der Waals surface area contributed by atoms with E-state index >= 15 is 0 Å². The number of hydrogen-bond donors (Lipinski definition) is 4. The number of benzene rings is 1. The summed E-state index contributed by atoms with van der Waals surface area (Å²) < 4.78 is 20.3. The number of ether oxygens (including phenoxy) is 4. The molecule has 0 unspecified atom stereocenters. The average Bonchev–Trinajstić information content (AvgIpc) is 2.66. The first-order valence-electron chi connectivity index (χ1n) is 7.82. The van der Waals surface area contributed by atoms with Crippen LogP contribution in [0.15, 0.2) is 24.3 Å². The van der Waals surface area contributed by atoms with Crippen molar-refractivity contribution in [3.8, 4) is 11.5 Å². The molecule has 1 aliphatic heterocycles. The monoisotopic (exact) mass is 370 g/mol. The van der Waals surface area contributed by atoms with Crippen LogP contribution in [-0.2, 0) is 14.3 Å². The Balaban J connectivity index is 2.05. The van der Waals surface area contributed by atoms with Crippen LogP contribution < -0.4 is 9.47 Å². The van der Waals surface area contributed by atoms with Gasteiger partial charge in [0, 0.05) is 12.1 Å². The Bertz CT molecular complexity index is 621. The number of rotatable bonds is 6. The molecule has 0 spiro atoms. The minimum absolute atomic E-state index is 0.534. The predicted octanol–water partition coefficient (Wildman–Crippen LogP) is -0.940. The Morgan fingerprint density at radius 3 is 2.23 bits per heavy atom. The fourth-order valence-electron chi connectivity index (χ4n) is 2.41. The normalized spacial score (nSPS) is 28.8. The quantitative estimate of drug-likeness (QED) is 0.370. The molecular weight excluding hydrogens is 348 g/mol. The molecule has 4 N–H and O–H groups in total. The SMILES string of the molecule is COc1cc(/C=C/C(=O)O[C@@H]2O[C@H](CO)[C@@H](O)[C@H](O)[C@H]2O)cc(OC)c1. The zero-order valence-corrected chi connectivity index (χ0v) is 14.3. The van der Waals surface area contributed by atoms with Gasteiger partial charge in [-0.25, -0.2) is 4.79 Å². The third kappa shape index (κ3) is 4.71. The van der Waals surface area contributed by atoms with Crippen molar-refractivity contribution in [1.29, 1.82) is 0 Å². The van der Waals surface area contributed by atoms with Gasteiger partial charge in [-0.15, -0.1) is 0 Å². The van der Waals surface area contributed by atoms with Crippen LogP contribution in [0.3, 0.4) is 0 Å². The van der Waals surface area contributed by atoms with Crippen LogP contribution in [0.4, 0.5) is 0 Å². The van der Waals surface area contributed by atoms with E-state index < -0.39 is 43.3 Å². The summed E-state index contributed by atoms with van der Waals surface area (Å²) in [4.78, 5) is 12.0. The minimum Gasteiger partial charge on any atom is -0.497 e. The third-order valence-electron chi connectivity index (χ3n) is 3.87. The topological polar surface area (TPSA) is 135 Å². The molecule has 144 valence electrons. The van der Waals surface area contributed by atoms with E-state index in [1.807, 2.05) is 0 Å². The number of carbonyl (C=O) groups is 1. The Morgan fingerprint density at radius 1 is 1.08 bits per heavy atom. The Kier molecular flexibility index (Phi) is 6.95. The molecule has 0 saturated carbocycles. The maximum absolute atomic E-state index is 12.0. The lowest BCUT2D eigenvalue weighted by molar-refractivity contribution is -0.291. The first kappa shape index (κ1) is 20.1. The number of hydrogen-bond acceptors (Lipinski definition) is 9. The number of aliphatic hydroxyl groups excluding tert-OH is 4. The van der Waals surface area contributed by atoms with E-state index in [9.17, 15) is 20.1 Å². The van der Waals surface area contributed by atoms with Gasteiger partial charge in [-0.05, 0) is 23.8 Å². The molecular formula is C17H22O9. The lowest BCUT2D eigenvalue weighted by atomic mass is 9.99. The van der Waals surface area contributed by atoms with Gasteiger partial charge in [0.2, 0.25) is 6.29 Å². The highest BCUT2D eigenvalue weighted by molar-refractivity contribution is 5.87. The second kappa shape index (κ2) is 8.97. The molecule has 1 aromatic rings. The Hall–Kier alpha value is -2.17. The van der Waals surface area contributed by atoms with Gasteiger partial charge in [0.1, 0.15) is 35.9 Å². The molecule has 2 rings (SSSR count). The molecule has 5 atom stereocenters. The van der Waals surface area contributed by atoms with Gasteiger partial charge in [-0.2, -0.15) is 0 Å². The highest BCUT2D eigenvalue weighted by Crippen LogP contribution is 2.24. The van der Waals surface area contributed by atoms with E-state index in [4.69, 9.17) is 24.1 Å². The highest BCUT2D eigenvalue weighted by atomic mass is 16.7. The van der Waals surface area contributed by atoms with Crippen LogP contribution in [0.25, 0.3) is 6.08 Å². The van der Waals surface area contributed by atoms with E-state index in [-0.39, 0.29) is 0 Å². The fraction of sp³-hybridized carbons (Fsp3) is 0.471. The van der Waals surface area contributed by atoms with E-state index in [1.165, 1.54) is 20.3 Å². The van der Waals surface area contributed by atoms with E-state index in [1.54, 1.807) is 18.2 Å². The second-order valence-electron chi connectivity index (χ2n) is 5.61. The summed E-state index contributed by atoms with van der Waals surface area (Å²) in [6.45, 7) is -0.613. The van der Waals surface area contributed by atoms with Crippen LogP contribution in [0.5, 0.6) is 11.5 Å². The molecule has 1 fully saturated rings. The molecule has 26 heavy (non-hydrogen) atoms.